The fourth-order valence-corrected chi connectivity index (χ4v) is 5.13. The summed E-state index contributed by atoms with van der Waals surface area (Å²) in [5, 5.41) is 8.96. The van der Waals surface area contributed by atoms with Gasteiger partial charge in [0, 0.05) is 43.1 Å². The number of halogens is 1. The number of nitrogens with one attached hydrogen (secondary N) is 2. The first-order chi connectivity index (χ1) is 19.6. The van der Waals surface area contributed by atoms with Crippen LogP contribution in [0.1, 0.15) is 35.6 Å². The number of rotatable bonds is 15. The number of thioether (sulfide) groups is 1. The highest BCUT2D eigenvalue weighted by molar-refractivity contribution is 7.98. The molecule has 0 saturated heterocycles. The number of carbonyl (C=O) groups excluding carboxylic acids is 1. The molecule has 1 aliphatic heterocycles. The molecule has 0 fully saturated rings. The van der Waals surface area contributed by atoms with Gasteiger partial charge in [0.15, 0.2) is 11.6 Å². The van der Waals surface area contributed by atoms with Crippen LogP contribution < -0.4 is 15.6 Å². The number of nitrogens with zero attached hydrogens (tertiary/aromatic N) is 1. The zero-order valence-corrected chi connectivity index (χ0v) is 23.0. The summed E-state index contributed by atoms with van der Waals surface area (Å²) in [5.74, 6) is 1.96. The highest BCUT2D eigenvalue weighted by Gasteiger charge is 2.52. The molecule has 3 aromatic carbocycles. The molecule has 1 heterocycles. The third-order valence-electron chi connectivity index (χ3n) is 6.34. The van der Waals surface area contributed by atoms with Crippen molar-refractivity contribution >= 4 is 23.6 Å². The van der Waals surface area contributed by atoms with Crippen molar-refractivity contribution in [2.24, 2.45) is 4.99 Å². The van der Waals surface area contributed by atoms with Crippen molar-refractivity contribution in [2.45, 2.75) is 30.2 Å². The predicted octanol–water partition coefficient (Wildman–Crippen LogP) is 4.97. The Morgan fingerprint density at radius 2 is 1.88 bits per heavy atom. The van der Waals surface area contributed by atoms with Crippen molar-refractivity contribution in [2.75, 3.05) is 25.5 Å². The van der Waals surface area contributed by atoms with Gasteiger partial charge in [-0.05, 0) is 47.5 Å². The Morgan fingerprint density at radius 3 is 2.58 bits per heavy atom. The predicted molar refractivity (Wildman–Crippen MR) is 157 cm³/mol. The summed E-state index contributed by atoms with van der Waals surface area (Å²) in [4.78, 5) is 18.6. The van der Waals surface area contributed by atoms with E-state index in [1.807, 2.05) is 54.6 Å². The van der Waals surface area contributed by atoms with Gasteiger partial charge in [-0.1, -0.05) is 48.5 Å². The van der Waals surface area contributed by atoms with Crippen LogP contribution in [0.5, 0.6) is 5.75 Å². The summed E-state index contributed by atoms with van der Waals surface area (Å²) in [6.07, 6.45) is 1.85. The van der Waals surface area contributed by atoms with E-state index in [1.165, 1.54) is 12.1 Å². The zero-order chi connectivity index (χ0) is 28.2. The van der Waals surface area contributed by atoms with Crippen molar-refractivity contribution in [1.82, 2.24) is 10.9 Å². The van der Waals surface area contributed by atoms with Gasteiger partial charge in [0.25, 0.3) is 5.91 Å². The lowest BCUT2D eigenvalue weighted by Gasteiger charge is -2.29. The molecule has 0 radical (unpaired) electrons. The number of ether oxygens (including phenoxy) is 2. The molecule has 0 saturated carbocycles. The second-order valence-electron chi connectivity index (χ2n) is 9.25. The van der Waals surface area contributed by atoms with Gasteiger partial charge in [-0.15, -0.1) is 6.58 Å². The average molecular weight is 564 g/mol. The summed E-state index contributed by atoms with van der Waals surface area (Å²) in [5.41, 5.74) is 7.20. The van der Waals surface area contributed by atoms with Gasteiger partial charge in [0.2, 0.25) is 5.90 Å². The Bertz CT molecular complexity index is 1270. The van der Waals surface area contributed by atoms with Gasteiger partial charge >= 0.3 is 0 Å². The number of benzene rings is 3. The molecule has 0 bridgehead atoms. The number of carbonyl (C=O) groups is 1. The molecular weight excluding hydrogens is 529 g/mol. The fraction of sp³-hybridized carbons (Fsp3) is 0.290. The van der Waals surface area contributed by atoms with Crippen LogP contribution in [0.4, 0.5) is 4.39 Å². The maximum Gasteiger partial charge on any atom is 0.266 e. The Labute approximate surface area is 238 Å². The molecule has 40 heavy (non-hydrogen) atoms. The molecule has 0 spiro atoms. The van der Waals surface area contributed by atoms with Crippen LogP contribution in [0.3, 0.4) is 0 Å². The van der Waals surface area contributed by atoms with Crippen molar-refractivity contribution in [3.8, 4) is 5.75 Å². The molecule has 9 heteroatoms. The summed E-state index contributed by atoms with van der Waals surface area (Å²) in [7, 11) is 0. The van der Waals surface area contributed by atoms with Crippen molar-refractivity contribution < 1.29 is 23.8 Å². The summed E-state index contributed by atoms with van der Waals surface area (Å²) < 4.78 is 25.1. The van der Waals surface area contributed by atoms with Gasteiger partial charge in [0.1, 0.15) is 11.6 Å². The summed E-state index contributed by atoms with van der Waals surface area (Å²) in [6.45, 7) is 4.92. The van der Waals surface area contributed by atoms with Crippen LogP contribution in [0.15, 0.2) is 96.5 Å². The monoisotopic (exact) mass is 563 g/mol. The molecule has 0 aliphatic carbocycles. The standard InChI is InChI=1S/C31H34FN3O4S/c1-2-17-31(30(37)35-33-18-21-40-22-23-9-13-26(32)14-10-23)28(24-7-4-3-5-8-24)39-29(34-31)25-11-15-27(16-12-25)38-20-6-19-36/h2-5,7-16,28,33,36H,1,6,17-22H2,(H,35,37)/t28-,31-/m0/s1. The topological polar surface area (TPSA) is 92.2 Å². The van der Waals surface area contributed by atoms with Crippen LogP contribution in [-0.2, 0) is 15.3 Å². The van der Waals surface area contributed by atoms with Crippen LogP contribution in [0.25, 0.3) is 0 Å². The number of hydrogen-bond donors (Lipinski definition) is 3. The van der Waals surface area contributed by atoms with Crippen LogP contribution in [0, 0.1) is 5.82 Å². The first kappa shape index (κ1) is 29.3. The average Bonchev–Trinajstić information content (AvgIpc) is 3.37. The third kappa shape index (κ3) is 7.50. The maximum atomic E-state index is 13.7. The summed E-state index contributed by atoms with van der Waals surface area (Å²) in [6, 6.07) is 23.3. The van der Waals surface area contributed by atoms with E-state index in [4.69, 9.17) is 19.6 Å². The highest BCUT2D eigenvalue weighted by Crippen LogP contribution is 2.42. The molecule has 3 N–H and O–H groups in total. The van der Waals surface area contributed by atoms with Gasteiger partial charge in [-0.3, -0.25) is 10.2 Å². The number of aliphatic hydroxyl groups is 1. The van der Waals surface area contributed by atoms with E-state index in [1.54, 1.807) is 30.0 Å². The van der Waals surface area contributed by atoms with E-state index >= 15 is 0 Å². The second kappa shape index (κ2) is 14.6. The maximum absolute atomic E-state index is 13.7. The van der Waals surface area contributed by atoms with E-state index in [0.29, 0.717) is 31.2 Å². The van der Waals surface area contributed by atoms with Gasteiger partial charge in [-0.25, -0.2) is 14.8 Å². The molecule has 1 aliphatic rings. The second-order valence-corrected chi connectivity index (χ2v) is 10.4. The lowest BCUT2D eigenvalue weighted by molar-refractivity contribution is -0.129. The Hall–Kier alpha value is -3.66. The minimum atomic E-state index is -1.26. The normalized spacial score (nSPS) is 18.1. The molecule has 210 valence electrons. The minimum absolute atomic E-state index is 0.0702. The van der Waals surface area contributed by atoms with Crippen molar-refractivity contribution in [3.63, 3.8) is 0 Å². The van der Waals surface area contributed by atoms with Gasteiger partial charge < -0.3 is 14.6 Å². The van der Waals surface area contributed by atoms with Crippen LogP contribution in [-0.4, -0.2) is 48.0 Å². The SMILES string of the molecule is C=CC[C@]1(C(=O)NNCCSCc2ccc(F)cc2)N=C(c2ccc(OCCCO)cc2)O[C@H]1c1ccccc1. The van der Waals surface area contributed by atoms with Crippen LogP contribution in [0.2, 0.25) is 0 Å². The molecule has 4 rings (SSSR count). The lowest BCUT2D eigenvalue weighted by Crippen LogP contribution is -2.52. The number of aliphatic imine (C=N–C) groups is 1. The zero-order valence-electron chi connectivity index (χ0n) is 22.2. The molecule has 7 nitrogen and oxygen atoms in total. The quantitative estimate of drug-likeness (QED) is 0.137. The molecule has 2 atom stereocenters. The number of aliphatic hydroxyl groups excluding tert-OH is 1. The first-order valence-electron chi connectivity index (χ1n) is 13.2. The number of hydrazine groups is 1. The molecule has 3 aromatic rings. The first-order valence-corrected chi connectivity index (χ1v) is 14.3. The summed E-state index contributed by atoms with van der Waals surface area (Å²) >= 11 is 1.68. The van der Waals surface area contributed by atoms with E-state index in [-0.39, 0.29) is 24.8 Å². The van der Waals surface area contributed by atoms with Crippen molar-refractivity contribution in [3.05, 3.63) is 114 Å². The largest absolute Gasteiger partial charge is 0.494 e. The van der Waals surface area contributed by atoms with Crippen LogP contribution >= 0.6 is 11.8 Å². The molecular formula is C31H34FN3O4S. The number of hydrogen-bond acceptors (Lipinski definition) is 7. The van der Waals surface area contributed by atoms with E-state index in [0.717, 1.165) is 28.2 Å². The minimum Gasteiger partial charge on any atom is -0.494 e. The van der Waals surface area contributed by atoms with Gasteiger partial charge in [0.05, 0.1) is 6.61 Å². The van der Waals surface area contributed by atoms with E-state index in [9.17, 15) is 9.18 Å². The van der Waals surface area contributed by atoms with E-state index < -0.39 is 11.6 Å². The van der Waals surface area contributed by atoms with E-state index in [2.05, 4.69) is 17.4 Å². The molecule has 0 aromatic heterocycles. The smallest absolute Gasteiger partial charge is 0.266 e. The Balaban J connectivity index is 1.45. The third-order valence-corrected chi connectivity index (χ3v) is 7.37. The van der Waals surface area contributed by atoms with Gasteiger partial charge in [-0.2, -0.15) is 11.8 Å². The Morgan fingerprint density at radius 1 is 1.12 bits per heavy atom. The fourth-order valence-electron chi connectivity index (χ4n) is 4.31. The highest BCUT2D eigenvalue weighted by atomic mass is 32.2. The Kier molecular flexibility index (Phi) is 10.7. The lowest BCUT2D eigenvalue weighted by atomic mass is 9.84. The molecule has 0 unspecified atom stereocenters. The van der Waals surface area contributed by atoms with Crippen molar-refractivity contribution in [1.29, 1.82) is 0 Å². The molecule has 1 amide bonds. The number of amides is 1.